The zero-order chi connectivity index (χ0) is 13.3. The van der Waals surface area contributed by atoms with E-state index >= 15 is 0 Å². The largest absolute Gasteiger partial charge is 0.465 e. The van der Waals surface area contributed by atoms with Crippen LogP contribution in [0.15, 0.2) is 64.3 Å². The smallest absolute Gasteiger partial charge is 0.244 e. The lowest BCUT2D eigenvalue weighted by Gasteiger charge is -1.98. The van der Waals surface area contributed by atoms with Crippen molar-refractivity contribution in [2.45, 2.75) is 6.42 Å². The van der Waals surface area contributed by atoms with Gasteiger partial charge in [0.25, 0.3) is 0 Å². The molecular weight excluding hydrogens is 240 g/mol. The summed E-state index contributed by atoms with van der Waals surface area (Å²) < 4.78 is 5.10. The average molecular weight is 254 g/mol. The second-order valence-electron chi connectivity index (χ2n) is 3.85. The van der Waals surface area contributed by atoms with E-state index in [-0.39, 0.29) is 5.91 Å². The number of benzene rings is 1. The normalized spacial score (nSPS) is 11.2. The lowest BCUT2D eigenvalue weighted by molar-refractivity contribution is -0.120. The number of allylic oxidation sites excluding steroid dienone is 1. The molecule has 0 saturated heterocycles. The molecule has 0 unspecified atom stereocenters. The molecule has 0 radical (unpaired) electrons. The Labute approximate surface area is 111 Å². The first-order valence-electron chi connectivity index (χ1n) is 5.90. The predicted octanol–water partition coefficient (Wildman–Crippen LogP) is 2.64. The second kappa shape index (κ2) is 6.96. The third-order valence-corrected chi connectivity index (χ3v) is 2.36. The first-order valence-corrected chi connectivity index (χ1v) is 5.90. The summed E-state index contributed by atoms with van der Waals surface area (Å²) in [6.07, 6.45) is 6.87. The summed E-state index contributed by atoms with van der Waals surface area (Å²) in [7, 11) is 0. The van der Waals surface area contributed by atoms with Crippen LogP contribution in [0.3, 0.4) is 0 Å². The van der Waals surface area contributed by atoms with E-state index in [9.17, 15) is 4.79 Å². The van der Waals surface area contributed by atoms with E-state index in [2.05, 4.69) is 10.5 Å². The zero-order valence-corrected chi connectivity index (χ0v) is 10.3. The van der Waals surface area contributed by atoms with Gasteiger partial charge < -0.3 is 4.42 Å². The van der Waals surface area contributed by atoms with Crippen LogP contribution in [0.4, 0.5) is 0 Å². The Morgan fingerprint density at radius 1 is 1.21 bits per heavy atom. The maximum atomic E-state index is 11.5. The summed E-state index contributed by atoms with van der Waals surface area (Å²) >= 11 is 0. The molecule has 2 rings (SSSR count). The second-order valence-corrected chi connectivity index (χ2v) is 3.85. The molecule has 4 nitrogen and oxygen atoms in total. The minimum absolute atomic E-state index is 0.145. The molecule has 0 atom stereocenters. The van der Waals surface area contributed by atoms with Crippen LogP contribution in [-0.4, -0.2) is 12.1 Å². The monoisotopic (exact) mass is 254 g/mol. The Hall–Kier alpha value is -2.62. The Kier molecular flexibility index (Phi) is 4.70. The number of furan rings is 1. The van der Waals surface area contributed by atoms with Gasteiger partial charge in [-0.15, -0.1) is 0 Å². The van der Waals surface area contributed by atoms with Gasteiger partial charge in [-0.3, -0.25) is 4.79 Å². The van der Waals surface area contributed by atoms with E-state index in [0.29, 0.717) is 6.42 Å². The molecular formula is C15H14N2O2. The van der Waals surface area contributed by atoms with Crippen LogP contribution in [0.1, 0.15) is 11.3 Å². The third-order valence-electron chi connectivity index (χ3n) is 2.36. The van der Waals surface area contributed by atoms with Gasteiger partial charge in [0, 0.05) is 6.21 Å². The number of carbonyl (C=O) groups is 1. The van der Waals surface area contributed by atoms with Gasteiger partial charge in [-0.1, -0.05) is 30.3 Å². The molecule has 0 saturated carbocycles. The molecule has 0 spiro atoms. The van der Waals surface area contributed by atoms with Gasteiger partial charge in [0.15, 0.2) is 0 Å². The van der Waals surface area contributed by atoms with Gasteiger partial charge in [-0.05, 0) is 29.8 Å². The number of rotatable bonds is 5. The van der Waals surface area contributed by atoms with Crippen molar-refractivity contribution >= 4 is 18.2 Å². The fourth-order valence-electron chi connectivity index (χ4n) is 1.50. The minimum atomic E-state index is -0.145. The first-order chi connectivity index (χ1) is 9.34. The van der Waals surface area contributed by atoms with Gasteiger partial charge in [0.1, 0.15) is 5.76 Å². The highest BCUT2D eigenvalue weighted by Crippen LogP contribution is 2.01. The Morgan fingerprint density at radius 3 is 2.79 bits per heavy atom. The predicted molar refractivity (Wildman–Crippen MR) is 74.5 cm³/mol. The van der Waals surface area contributed by atoms with Gasteiger partial charge >= 0.3 is 0 Å². The van der Waals surface area contributed by atoms with E-state index in [1.165, 1.54) is 6.21 Å². The molecule has 96 valence electrons. The van der Waals surface area contributed by atoms with Crippen LogP contribution < -0.4 is 5.43 Å². The molecule has 19 heavy (non-hydrogen) atoms. The molecule has 4 heteroatoms. The van der Waals surface area contributed by atoms with Crippen molar-refractivity contribution in [3.63, 3.8) is 0 Å². The highest BCUT2D eigenvalue weighted by atomic mass is 16.3. The maximum absolute atomic E-state index is 11.5. The summed E-state index contributed by atoms with van der Waals surface area (Å²) in [6, 6.07) is 13.2. The van der Waals surface area contributed by atoms with E-state index < -0.39 is 0 Å². The molecule has 0 bridgehead atoms. The minimum Gasteiger partial charge on any atom is -0.465 e. The maximum Gasteiger partial charge on any atom is 0.244 e. The number of nitrogens with one attached hydrogen (secondary N) is 1. The molecule has 0 aliphatic rings. The first kappa shape index (κ1) is 12.8. The van der Waals surface area contributed by atoms with Crippen molar-refractivity contribution in [1.82, 2.24) is 5.43 Å². The fraction of sp³-hybridized carbons (Fsp3) is 0.0667. The Bertz CT molecular complexity index is 557. The lowest BCUT2D eigenvalue weighted by Crippen LogP contribution is -2.19. The molecule has 0 aliphatic heterocycles. The summed E-state index contributed by atoms with van der Waals surface area (Å²) in [5.74, 6) is 0.593. The topological polar surface area (TPSA) is 54.6 Å². The van der Waals surface area contributed by atoms with Crippen molar-refractivity contribution in [2.75, 3.05) is 0 Å². The quantitative estimate of drug-likeness (QED) is 0.658. The summed E-state index contributed by atoms with van der Waals surface area (Å²) in [6.45, 7) is 0. The molecule has 0 fully saturated rings. The summed E-state index contributed by atoms with van der Waals surface area (Å²) in [5, 5.41) is 3.81. The van der Waals surface area contributed by atoms with Crippen molar-refractivity contribution in [2.24, 2.45) is 5.10 Å². The van der Waals surface area contributed by atoms with Crippen molar-refractivity contribution in [3.05, 3.63) is 66.1 Å². The standard InChI is InChI=1S/C15H14N2O2/c18-15(12-13-6-2-1-3-7-13)17-16-10-4-8-14-9-5-11-19-14/h1-11H,12H2,(H,17,18)/b8-4+,16-10+. The van der Waals surface area contributed by atoms with Crippen LogP contribution in [-0.2, 0) is 11.2 Å². The Morgan fingerprint density at radius 2 is 2.05 bits per heavy atom. The molecule has 1 N–H and O–H groups in total. The molecule has 0 aliphatic carbocycles. The van der Waals surface area contributed by atoms with E-state index in [1.807, 2.05) is 36.4 Å². The van der Waals surface area contributed by atoms with Crippen molar-refractivity contribution in [1.29, 1.82) is 0 Å². The van der Waals surface area contributed by atoms with Crippen LogP contribution in [0.2, 0.25) is 0 Å². The van der Waals surface area contributed by atoms with Crippen LogP contribution in [0.25, 0.3) is 6.08 Å². The number of nitrogens with zero attached hydrogens (tertiary/aromatic N) is 1. The van der Waals surface area contributed by atoms with Gasteiger partial charge in [-0.2, -0.15) is 5.10 Å². The SMILES string of the molecule is O=C(Cc1ccccc1)N/N=C/C=C/c1ccco1. The molecule has 1 amide bonds. The van der Waals surface area contributed by atoms with Gasteiger partial charge in [-0.25, -0.2) is 5.43 Å². The van der Waals surface area contributed by atoms with Crippen molar-refractivity contribution in [3.8, 4) is 0 Å². The van der Waals surface area contributed by atoms with Crippen LogP contribution in [0, 0.1) is 0 Å². The van der Waals surface area contributed by atoms with Gasteiger partial charge in [0.05, 0.1) is 12.7 Å². The molecule has 1 aromatic carbocycles. The van der Waals surface area contributed by atoms with E-state index in [0.717, 1.165) is 11.3 Å². The summed E-state index contributed by atoms with van der Waals surface area (Å²) in [4.78, 5) is 11.5. The van der Waals surface area contributed by atoms with Crippen LogP contribution in [0.5, 0.6) is 0 Å². The molecule has 2 aromatic rings. The summed E-state index contributed by atoms with van der Waals surface area (Å²) in [5.41, 5.74) is 3.42. The number of hydrogen-bond donors (Lipinski definition) is 1. The molecule has 1 heterocycles. The highest BCUT2D eigenvalue weighted by molar-refractivity contribution is 5.82. The lowest BCUT2D eigenvalue weighted by atomic mass is 10.1. The number of amides is 1. The fourth-order valence-corrected chi connectivity index (χ4v) is 1.50. The zero-order valence-electron chi connectivity index (χ0n) is 10.3. The van der Waals surface area contributed by atoms with Crippen LogP contribution >= 0.6 is 0 Å². The number of carbonyl (C=O) groups excluding carboxylic acids is 1. The van der Waals surface area contributed by atoms with Gasteiger partial charge in [0.2, 0.25) is 5.91 Å². The van der Waals surface area contributed by atoms with E-state index in [1.54, 1.807) is 24.5 Å². The van der Waals surface area contributed by atoms with E-state index in [4.69, 9.17) is 4.42 Å². The third kappa shape index (κ3) is 4.63. The Balaban J connectivity index is 1.74. The highest BCUT2D eigenvalue weighted by Gasteiger charge is 1.99. The number of hydrogen-bond acceptors (Lipinski definition) is 3. The molecule has 1 aromatic heterocycles. The average Bonchev–Trinajstić information content (AvgIpc) is 2.92. The number of hydrazone groups is 1. The van der Waals surface area contributed by atoms with Crippen molar-refractivity contribution < 1.29 is 9.21 Å².